The van der Waals surface area contributed by atoms with Gasteiger partial charge in [0.2, 0.25) is 0 Å². The summed E-state index contributed by atoms with van der Waals surface area (Å²) in [5.41, 5.74) is 1.59. The fourth-order valence-electron chi connectivity index (χ4n) is 1.96. The maximum absolute atomic E-state index is 12.3. The summed E-state index contributed by atoms with van der Waals surface area (Å²) >= 11 is 0. The molecule has 0 radical (unpaired) electrons. The van der Waals surface area contributed by atoms with E-state index in [-0.39, 0.29) is 18.8 Å². The molecule has 100 valence electrons. The van der Waals surface area contributed by atoms with E-state index in [2.05, 4.69) is 0 Å². The van der Waals surface area contributed by atoms with Crippen LogP contribution in [-0.4, -0.2) is 25.9 Å². The van der Waals surface area contributed by atoms with Gasteiger partial charge in [0.25, 0.3) is 0 Å². The van der Waals surface area contributed by atoms with Gasteiger partial charge in [0.15, 0.2) is 9.84 Å². The van der Waals surface area contributed by atoms with E-state index in [1.807, 2.05) is 36.4 Å². The van der Waals surface area contributed by atoms with Crippen LogP contribution in [0.3, 0.4) is 0 Å². The van der Waals surface area contributed by atoms with Crippen LogP contribution in [0.2, 0.25) is 0 Å². The highest BCUT2D eigenvalue weighted by Gasteiger charge is 2.18. The second-order valence-corrected chi connectivity index (χ2v) is 6.34. The van der Waals surface area contributed by atoms with E-state index in [9.17, 15) is 8.42 Å². The Morgan fingerprint density at radius 2 is 1.53 bits per heavy atom. The predicted octanol–water partition coefficient (Wildman–Crippen LogP) is 2.51. The lowest BCUT2D eigenvalue weighted by atomic mass is 10.1. The highest BCUT2D eigenvalue weighted by atomic mass is 32.2. The Morgan fingerprint density at radius 1 is 0.895 bits per heavy atom. The van der Waals surface area contributed by atoms with Crippen LogP contribution in [0.4, 0.5) is 0 Å². The maximum atomic E-state index is 12.3. The minimum absolute atomic E-state index is 0.0344. The average molecular weight is 276 g/mol. The quantitative estimate of drug-likeness (QED) is 0.913. The van der Waals surface area contributed by atoms with Crippen molar-refractivity contribution in [3.8, 4) is 11.1 Å². The molecular formula is C15H16O3S. The van der Waals surface area contributed by atoms with Crippen molar-refractivity contribution in [2.45, 2.75) is 11.3 Å². The maximum Gasteiger partial charge on any atom is 0.179 e. The zero-order valence-electron chi connectivity index (χ0n) is 10.5. The van der Waals surface area contributed by atoms with Gasteiger partial charge in [-0.15, -0.1) is 0 Å². The van der Waals surface area contributed by atoms with Crippen LogP contribution in [0.15, 0.2) is 59.5 Å². The zero-order chi connectivity index (χ0) is 13.7. The standard InChI is InChI=1S/C15H16O3S/c16-11-6-12-19(17,18)15-10-5-4-9-14(15)13-7-2-1-3-8-13/h1-5,7-10,16H,6,11-12H2. The van der Waals surface area contributed by atoms with Crippen molar-refractivity contribution in [2.24, 2.45) is 0 Å². The van der Waals surface area contributed by atoms with Gasteiger partial charge < -0.3 is 5.11 Å². The molecule has 0 aliphatic carbocycles. The predicted molar refractivity (Wildman–Crippen MR) is 75.6 cm³/mol. The Kier molecular flexibility index (Phi) is 4.35. The SMILES string of the molecule is O=S(=O)(CCCO)c1ccccc1-c1ccccc1. The van der Waals surface area contributed by atoms with Crippen molar-refractivity contribution >= 4 is 9.84 Å². The molecule has 3 nitrogen and oxygen atoms in total. The highest BCUT2D eigenvalue weighted by molar-refractivity contribution is 7.91. The normalized spacial score (nSPS) is 11.4. The van der Waals surface area contributed by atoms with Crippen LogP contribution in [0.1, 0.15) is 6.42 Å². The molecule has 19 heavy (non-hydrogen) atoms. The number of hydrogen-bond donors (Lipinski definition) is 1. The summed E-state index contributed by atoms with van der Waals surface area (Å²) in [5, 5.41) is 8.80. The van der Waals surface area contributed by atoms with Gasteiger partial charge in [0.1, 0.15) is 0 Å². The zero-order valence-corrected chi connectivity index (χ0v) is 11.3. The van der Waals surface area contributed by atoms with E-state index >= 15 is 0 Å². The number of rotatable bonds is 5. The van der Waals surface area contributed by atoms with Crippen LogP contribution in [0.25, 0.3) is 11.1 Å². The fourth-order valence-corrected chi connectivity index (χ4v) is 3.49. The minimum atomic E-state index is -3.36. The first-order chi connectivity index (χ1) is 9.15. The number of aliphatic hydroxyl groups excluding tert-OH is 1. The van der Waals surface area contributed by atoms with Gasteiger partial charge in [-0.2, -0.15) is 0 Å². The Morgan fingerprint density at radius 3 is 2.21 bits per heavy atom. The topological polar surface area (TPSA) is 54.4 Å². The summed E-state index contributed by atoms with van der Waals surface area (Å²) in [7, 11) is -3.36. The van der Waals surface area contributed by atoms with E-state index in [1.54, 1.807) is 18.2 Å². The van der Waals surface area contributed by atoms with Crippen LogP contribution in [-0.2, 0) is 9.84 Å². The molecule has 4 heteroatoms. The first-order valence-electron chi connectivity index (χ1n) is 6.13. The fraction of sp³-hybridized carbons (Fsp3) is 0.200. The van der Waals surface area contributed by atoms with Gasteiger partial charge in [-0.05, 0) is 18.1 Å². The second kappa shape index (κ2) is 5.99. The van der Waals surface area contributed by atoms with E-state index in [0.717, 1.165) is 5.56 Å². The third kappa shape index (κ3) is 3.22. The van der Waals surface area contributed by atoms with Gasteiger partial charge in [-0.3, -0.25) is 0 Å². The molecule has 0 unspecified atom stereocenters. The van der Waals surface area contributed by atoms with E-state index in [4.69, 9.17) is 5.11 Å². The smallest absolute Gasteiger partial charge is 0.179 e. The van der Waals surface area contributed by atoms with Gasteiger partial charge in [-0.25, -0.2) is 8.42 Å². The van der Waals surface area contributed by atoms with Gasteiger partial charge in [-0.1, -0.05) is 48.5 Å². The minimum Gasteiger partial charge on any atom is -0.396 e. The molecule has 0 fully saturated rings. The molecule has 0 amide bonds. The van der Waals surface area contributed by atoms with Crippen molar-refractivity contribution in [2.75, 3.05) is 12.4 Å². The monoisotopic (exact) mass is 276 g/mol. The Bertz CT molecular complexity index is 633. The Labute approximate surface area is 113 Å². The van der Waals surface area contributed by atoms with Crippen LogP contribution in [0, 0.1) is 0 Å². The van der Waals surface area contributed by atoms with E-state index in [0.29, 0.717) is 10.5 Å². The molecule has 0 heterocycles. The van der Waals surface area contributed by atoms with Crippen LogP contribution in [0.5, 0.6) is 0 Å². The Balaban J connectivity index is 2.48. The average Bonchev–Trinajstić information content (AvgIpc) is 2.46. The molecule has 2 rings (SSSR count). The molecule has 0 aliphatic heterocycles. The Hall–Kier alpha value is -1.65. The van der Waals surface area contributed by atoms with Gasteiger partial charge in [0.05, 0.1) is 10.6 Å². The number of hydrogen-bond acceptors (Lipinski definition) is 3. The summed E-state index contributed by atoms with van der Waals surface area (Å²) in [6, 6.07) is 16.4. The highest BCUT2D eigenvalue weighted by Crippen LogP contribution is 2.27. The summed E-state index contributed by atoms with van der Waals surface area (Å²) < 4.78 is 24.5. The molecule has 0 aliphatic rings. The van der Waals surface area contributed by atoms with Crippen molar-refractivity contribution in [3.05, 3.63) is 54.6 Å². The lowest BCUT2D eigenvalue weighted by Gasteiger charge is -2.10. The van der Waals surface area contributed by atoms with Gasteiger partial charge in [0, 0.05) is 12.2 Å². The second-order valence-electron chi connectivity index (χ2n) is 4.26. The molecule has 0 atom stereocenters. The first kappa shape index (κ1) is 13.8. The third-order valence-electron chi connectivity index (χ3n) is 2.88. The molecular weight excluding hydrogens is 260 g/mol. The van der Waals surface area contributed by atoms with Crippen molar-refractivity contribution in [1.82, 2.24) is 0 Å². The largest absolute Gasteiger partial charge is 0.396 e. The molecule has 0 bridgehead atoms. The molecule has 0 aromatic heterocycles. The lowest BCUT2D eigenvalue weighted by molar-refractivity contribution is 0.295. The molecule has 2 aromatic carbocycles. The summed E-state index contributed by atoms with van der Waals surface area (Å²) in [6.07, 6.45) is 0.255. The molecule has 0 saturated heterocycles. The van der Waals surface area contributed by atoms with Crippen LogP contribution < -0.4 is 0 Å². The molecule has 1 N–H and O–H groups in total. The molecule has 0 spiro atoms. The first-order valence-corrected chi connectivity index (χ1v) is 7.78. The number of sulfone groups is 1. The lowest BCUT2D eigenvalue weighted by Crippen LogP contribution is -2.09. The summed E-state index contributed by atoms with van der Waals surface area (Å²) in [5.74, 6) is -0.0344. The summed E-state index contributed by atoms with van der Waals surface area (Å²) in [4.78, 5) is 0.328. The van der Waals surface area contributed by atoms with Crippen molar-refractivity contribution in [3.63, 3.8) is 0 Å². The van der Waals surface area contributed by atoms with Crippen molar-refractivity contribution < 1.29 is 13.5 Å². The molecule has 0 saturated carbocycles. The van der Waals surface area contributed by atoms with Gasteiger partial charge >= 0.3 is 0 Å². The third-order valence-corrected chi connectivity index (χ3v) is 4.73. The summed E-state index contributed by atoms with van der Waals surface area (Å²) in [6.45, 7) is -0.118. The number of aliphatic hydroxyl groups is 1. The van der Waals surface area contributed by atoms with E-state index in [1.165, 1.54) is 0 Å². The molecule has 2 aromatic rings. The van der Waals surface area contributed by atoms with Crippen LogP contribution >= 0.6 is 0 Å². The van der Waals surface area contributed by atoms with Crippen molar-refractivity contribution in [1.29, 1.82) is 0 Å². The number of benzene rings is 2. The van der Waals surface area contributed by atoms with E-state index < -0.39 is 9.84 Å².